The van der Waals surface area contributed by atoms with E-state index in [1.54, 1.807) is 4.90 Å². The number of hydrogen-bond acceptors (Lipinski definition) is 5. The van der Waals surface area contributed by atoms with Crippen LogP contribution < -0.4 is 5.32 Å². The number of alkyl halides is 2. The highest BCUT2D eigenvalue weighted by atomic mass is 32.2. The number of pyridine rings is 1. The summed E-state index contributed by atoms with van der Waals surface area (Å²) in [6.07, 6.45) is 1.46. The van der Waals surface area contributed by atoms with Gasteiger partial charge < -0.3 is 5.32 Å². The number of likely N-dealkylation sites (N-methyl/N-ethyl adjacent to an activating group) is 1. The molecule has 2 rings (SSSR count). The van der Waals surface area contributed by atoms with Crippen molar-refractivity contribution in [2.45, 2.75) is 30.2 Å². The van der Waals surface area contributed by atoms with Gasteiger partial charge in [0.15, 0.2) is 0 Å². The highest BCUT2D eigenvalue weighted by molar-refractivity contribution is 7.89. The van der Waals surface area contributed by atoms with E-state index in [1.165, 1.54) is 31.6 Å². The molecule has 7 nitrogen and oxygen atoms in total. The lowest BCUT2D eigenvalue weighted by atomic mass is 10.1. The largest absolute Gasteiger partial charge is 0.352 e. The van der Waals surface area contributed by atoms with Crippen molar-refractivity contribution >= 4 is 15.9 Å². The van der Waals surface area contributed by atoms with E-state index in [0.29, 0.717) is 25.9 Å². The average molecular weight is 376 g/mol. The molecule has 2 heterocycles. The van der Waals surface area contributed by atoms with Crippen molar-refractivity contribution in [2.75, 3.05) is 33.2 Å². The zero-order chi connectivity index (χ0) is 18.4. The molecule has 0 aliphatic carbocycles. The number of carbonyl (C=O) groups excluding carboxylic acids is 1. The predicted octanol–water partition coefficient (Wildman–Crippen LogP) is 0.548. The lowest BCUT2D eigenvalue weighted by Gasteiger charge is -2.32. The third-order valence-electron chi connectivity index (χ3n) is 4.06. The van der Waals surface area contributed by atoms with Crippen LogP contribution in [0.5, 0.6) is 0 Å². The first-order chi connectivity index (χ1) is 11.8. The van der Waals surface area contributed by atoms with Gasteiger partial charge in [-0.25, -0.2) is 17.2 Å². The molecule has 0 unspecified atom stereocenters. The van der Waals surface area contributed by atoms with Crippen LogP contribution in [-0.4, -0.2) is 74.2 Å². The minimum atomic E-state index is -3.78. The Balaban J connectivity index is 1.82. The van der Waals surface area contributed by atoms with Gasteiger partial charge >= 0.3 is 0 Å². The molecule has 1 aliphatic rings. The maximum atomic E-state index is 12.3. The fraction of sp³-hybridized carbons (Fsp3) is 0.600. The van der Waals surface area contributed by atoms with Crippen molar-refractivity contribution < 1.29 is 22.0 Å². The Labute approximate surface area is 146 Å². The summed E-state index contributed by atoms with van der Waals surface area (Å²) in [5.41, 5.74) is 0. The Bertz CT molecular complexity index is 665. The summed E-state index contributed by atoms with van der Waals surface area (Å²) in [6, 6.07) is 2.79. The lowest BCUT2D eigenvalue weighted by Crippen LogP contribution is -2.48. The lowest BCUT2D eigenvalue weighted by molar-refractivity contribution is -0.122. The summed E-state index contributed by atoms with van der Waals surface area (Å²) in [7, 11) is -2.45. The zero-order valence-electron chi connectivity index (χ0n) is 13.9. The van der Waals surface area contributed by atoms with Crippen LogP contribution in [0.4, 0.5) is 8.78 Å². The molecular formula is C15H22F2N4O3S. The van der Waals surface area contributed by atoms with Gasteiger partial charge in [-0.3, -0.25) is 14.7 Å². The molecule has 0 aromatic carbocycles. The molecule has 0 atom stereocenters. The standard InChI is InChI=1S/C15H22F2N4O3S/c1-20(25(23,24)13-3-2-6-18-9-13)11-15(22)19-12-4-7-21(8-5-12)10-14(16)17/h2-3,6,9,12,14H,4-5,7-8,10-11H2,1H3,(H,19,22). The van der Waals surface area contributed by atoms with Gasteiger partial charge in [-0.15, -0.1) is 0 Å². The van der Waals surface area contributed by atoms with E-state index >= 15 is 0 Å². The fourth-order valence-corrected chi connectivity index (χ4v) is 3.79. The molecule has 1 aromatic heterocycles. The van der Waals surface area contributed by atoms with E-state index in [4.69, 9.17) is 0 Å². The number of aromatic nitrogens is 1. The number of amides is 1. The van der Waals surface area contributed by atoms with Gasteiger partial charge in [-0.2, -0.15) is 4.31 Å². The van der Waals surface area contributed by atoms with Gasteiger partial charge in [0.05, 0.1) is 13.1 Å². The van der Waals surface area contributed by atoms with E-state index in [9.17, 15) is 22.0 Å². The zero-order valence-corrected chi connectivity index (χ0v) is 14.8. The first kappa shape index (κ1) is 19.7. The molecule has 140 valence electrons. The number of likely N-dealkylation sites (tertiary alicyclic amines) is 1. The summed E-state index contributed by atoms with van der Waals surface area (Å²) in [6.45, 7) is 0.402. The molecule has 10 heteroatoms. The Hall–Kier alpha value is -1.65. The predicted molar refractivity (Wildman–Crippen MR) is 87.7 cm³/mol. The maximum absolute atomic E-state index is 12.3. The SMILES string of the molecule is CN(CC(=O)NC1CCN(CC(F)F)CC1)S(=O)(=O)c1cccnc1. The highest BCUT2D eigenvalue weighted by Gasteiger charge is 2.26. The number of piperidine rings is 1. The fourth-order valence-electron chi connectivity index (χ4n) is 2.70. The topological polar surface area (TPSA) is 82.6 Å². The Morgan fingerprint density at radius 3 is 2.68 bits per heavy atom. The van der Waals surface area contributed by atoms with Crippen molar-refractivity contribution in [1.29, 1.82) is 0 Å². The molecule has 0 radical (unpaired) electrons. The van der Waals surface area contributed by atoms with Crippen molar-refractivity contribution in [2.24, 2.45) is 0 Å². The summed E-state index contributed by atoms with van der Waals surface area (Å²) in [5.74, 6) is -0.415. The second-order valence-electron chi connectivity index (χ2n) is 5.98. The van der Waals surface area contributed by atoms with Crippen LogP contribution >= 0.6 is 0 Å². The summed E-state index contributed by atoms with van der Waals surface area (Å²) >= 11 is 0. The van der Waals surface area contributed by atoms with Gasteiger partial charge in [-0.1, -0.05) is 0 Å². The monoisotopic (exact) mass is 376 g/mol. The van der Waals surface area contributed by atoms with Crippen LogP contribution in [0.25, 0.3) is 0 Å². The van der Waals surface area contributed by atoms with E-state index in [0.717, 1.165) is 4.31 Å². The molecule has 25 heavy (non-hydrogen) atoms. The van der Waals surface area contributed by atoms with Gasteiger partial charge in [0.25, 0.3) is 6.43 Å². The number of sulfonamides is 1. The van der Waals surface area contributed by atoms with E-state index < -0.39 is 22.4 Å². The normalized spacial score (nSPS) is 17.2. The molecule has 0 spiro atoms. The molecule has 1 amide bonds. The molecule has 1 fully saturated rings. The number of nitrogens with zero attached hydrogens (tertiary/aromatic N) is 3. The minimum absolute atomic E-state index is 0.0191. The van der Waals surface area contributed by atoms with Gasteiger partial charge in [0, 0.05) is 38.6 Å². The molecule has 1 aromatic rings. The summed E-state index contributed by atoms with van der Waals surface area (Å²) in [4.78, 5) is 17.5. The molecule has 1 saturated heterocycles. The summed E-state index contributed by atoms with van der Waals surface area (Å²) < 4.78 is 50.3. The van der Waals surface area contributed by atoms with Crippen LogP contribution in [0, 0.1) is 0 Å². The van der Waals surface area contributed by atoms with Crippen molar-refractivity contribution in [1.82, 2.24) is 19.5 Å². The molecule has 1 aliphatic heterocycles. The maximum Gasteiger partial charge on any atom is 0.251 e. The Morgan fingerprint density at radius 1 is 1.44 bits per heavy atom. The number of halogens is 2. The van der Waals surface area contributed by atoms with Crippen molar-refractivity contribution in [3.05, 3.63) is 24.5 Å². The minimum Gasteiger partial charge on any atom is -0.352 e. The average Bonchev–Trinajstić information content (AvgIpc) is 2.57. The van der Waals surface area contributed by atoms with Crippen LogP contribution in [0.3, 0.4) is 0 Å². The van der Waals surface area contributed by atoms with E-state index in [2.05, 4.69) is 10.3 Å². The molecule has 1 N–H and O–H groups in total. The number of nitrogens with one attached hydrogen (secondary N) is 1. The van der Waals surface area contributed by atoms with Gasteiger partial charge in [-0.05, 0) is 25.0 Å². The van der Waals surface area contributed by atoms with E-state index in [-0.39, 0.29) is 24.0 Å². The third kappa shape index (κ3) is 5.68. The molecule has 0 bridgehead atoms. The highest BCUT2D eigenvalue weighted by Crippen LogP contribution is 2.14. The van der Waals surface area contributed by atoms with Crippen molar-refractivity contribution in [3.63, 3.8) is 0 Å². The Morgan fingerprint density at radius 2 is 2.12 bits per heavy atom. The smallest absolute Gasteiger partial charge is 0.251 e. The Kier molecular flexibility index (Phi) is 6.79. The van der Waals surface area contributed by atoms with Crippen molar-refractivity contribution in [3.8, 4) is 0 Å². The summed E-state index contributed by atoms with van der Waals surface area (Å²) in [5, 5.41) is 2.77. The van der Waals surface area contributed by atoms with E-state index in [1.807, 2.05) is 0 Å². The van der Waals surface area contributed by atoms with Crippen LogP contribution in [0.1, 0.15) is 12.8 Å². The molecule has 0 saturated carbocycles. The first-order valence-corrected chi connectivity index (χ1v) is 9.39. The van der Waals surface area contributed by atoms with Crippen LogP contribution in [0.15, 0.2) is 29.4 Å². The number of hydrogen-bond donors (Lipinski definition) is 1. The quantitative estimate of drug-likeness (QED) is 0.751. The first-order valence-electron chi connectivity index (χ1n) is 7.95. The molecular weight excluding hydrogens is 354 g/mol. The van der Waals surface area contributed by atoms with Crippen LogP contribution in [0.2, 0.25) is 0 Å². The number of rotatable bonds is 7. The second-order valence-corrected chi connectivity index (χ2v) is 8.03. The van der Waals surface area contributed by atoms with Gasteiger partial charge in [0.1, 0.15) is 4.90 Å². The van der Waals surface area contributed by atoms with Crippen LogP contribution in [-0.2, 0) is 14.8 Å². The number of carbonyl (C=O) groups is 1. The van der Waals surface area contributed by atoms with Gasteiger partial charge in [0.2, 0.25) is 15.9 Å². The third-order valence-corrected chi connectivity index (χ3v) is 5.84. The second kappa shape index (κ2) is 8.63.